The molecule has 0 spiro atoms. The number of amides is 2. The third kappa shape index (κ3) is 4.07. The standard InChI is InChI=1S/C19H28N4O6S/c20-18(26)23(30(27,28)16-8-2-5-11-22-16)12-6-7-15(14(24)13-23)29-17(25)19(21)9-3-1-4-10-19/h2,5,8,11,14-15,24H,1,3-4,6-7,9-10,12-13,21H2,(H-,20,26)/p+1. The van der Waals surface area contributed by atoms with Crippen LogP contribution in [0.15, 0.2) is 29.4 Å². The van der Waals surface area contributed by atoms with Gasteiger partial charge in [0.15, 0.2) is 0 Å². The molecule has 0 bridgehead atoms. The van der Waals surface area contributed by atoms with Gasteiger partial charge in [0.05, 0.1) is 0 Å². The normalized spacial score (nSPS) is 29.5. The number of esters is 1. The van der Waals surface area contributed by atoms with E-state index in [-0.39, 0.29) is 24.4 Å². The highest BCUT2D eigenvalue weighted by Crippen LogP contribution is 2.31. The lowest BCUT2D eigenvalue weighted by Gasteiger charge is -2.34. The number of aromatic nitrogens is 1. The summed E-state index contributed by atoms with van der Waals surface area (Å²) >= 11 is 0. The molecule has 166 valence electrons. The van der Waals surface area contributed by atoms with Gasteiger partial charge in [-0.15, -0.1) is 3.89 Å². The zero-order valence-corrected chi connectivity index (χ0v) is 17.6. The number of carbonyl (C=O) groups excluding carboxylic acids is 2. The van der Waals surface area contributed by atoms with Crippen molar-refractivity contribution in [2.45, 2.75) is 67.7 Å². The molecule has 2 aliphatic rings. The Balaban J connectivity index is 1.84. The Bertz CT molecular complexity index is 888. The number of rotatable bonds is 4. The summed E-state index contributed by atoms with van der Waals surface area (Å²) in [7, 11) is -4.34. The Morgan fingerprint density at radius 3 is 2.50 bits per heavy atom. The summed E-state index contributed by atoms with van der Waals surface area (Å²) in [6, 6.07) is 3.19. The molecule has 11 heteroatoms. The Kier molecular flexibility index (Phi) is 6.46. The van der Waals surface area contributed by atoms with Crippen LogP contribution < -0.4 is 11.5 Å². The van der Waals surface area contributed by atoms with Gasteiger partial charge >= 0.3 is 22.0 Å². The Hall–Kier alpha value is -2.08. The number of aliphatic hydroxyl groups excluding tert-OH is 1. The first-order chi connectivity index (χ1) is 14.1. The number of ether oxygens (including phenoxy) is 1. The van der Waals surface area contributed by atoms with Gasteiger partial charge in [0.1, 0.15) is 30.8 Å². The molecular weight excluding hydrogens is 412 g/mol. The number of urea groups is 1. The summed E-state index contributed by atoms with van der Waals surface area (Å²) < 4.78 is 30.8. The monoisotopic (exact) mass is 441 g/mol. The van der Waals surface area contributed by atoms with Crippen LogP contribution in [0, 0.1) is 0 Å². The third-order valence-electron chi connectivity index (χ3n) is 6.09. The molecule has 1 saturated carbocycles. The minimum atomic E-state index is -4.34. The van der Waals surface area contributed by atoms with Crippen molar-refractivity contribution >= 4 is 22.0 Å². The van der Waals surface area contributed by atoms with Crippen molar-refractivity contribution in [3.8, 4) is 0 Å². The van der Waals surface area contributed by atoms with E-state index in [0.717, 1.165) is 19.3 Å². The Morgan fingerprint density at radius 2 is 1.90 bits per heavy atom. The van der Waals surface area contributed by atoms with Gasteiger partial charge in [0.2, 0.25) is 5.03 Å². The quantitative estimate of drug-likeness (QED) is 0.446. The van der Waals surface area contributed by atoms with E-state index in [4.69, 9.17) is 16.2 Å². The maximum Gasteiger partial charge on any atom is 0.429 e. The summed E-state index contributed by atoms with van der Waals surface area (Å²) in [6.45, 7) is -0.698. The number of carbonyl (C=O) groups is 2. The number of nitrogens with two attached hydrogens (primary N) is 2. The number of likely N-dealkylation sites (tertiary alicyclic amines) is 1. The fraction of sp³-hybridized carbons (Fsp3) is 0.632. The van der Waals surface area contributed by atoms with Crippen molar-refractivity contribution in [2.24, 2.45) is 11.5 Å². The molecule has 2 heterocycles. The number of quaternary nitrogens is 1. The summed E-state index contributed by atoms with van der Waals surface area (Å²) in [5, 5.41) is 10.4. The van der Waals surface area contributed by atoms with E-state index in [1.165, 1.54) is 18.3 Å². The van der Waals surface area contributed by atoms with Crippen molar-refractivity contribution in [3.63, 3.8) is 0 Å². The van der Waals surface area contributed by atoms with Crippen LogP contribution in [0.5, 0.6) is 0 Å². The van der Waals surface area contributed by atoms with Crippen molar-refractivity contribution in [2.75, 3.05) is 13.1 Å². The SMILES string of the molecule is NC(=O)[N+]1(S(=O)(=O)c2ccccn2)CCCC(OC(=O)C2(N)CCCCC2)C(O)C1. The van der Waals surface area contributed by atoms with E-state index in [1.807, 2.05) is 0 Å². The van der Waals surface area contributed by atoms with Crippen molar-refractivity contribution in [3.05, 3.63) is 24.4 Å². The van der Waals surface area contributed by atoms with Crippen LogP contribution >= 0.6 is 0 Å². The minimum absolute atomic E-state index is 0.160. The molecular formula is C19H29N4O6S+. The Labute approximate surface area is 175 Å². The van der Waals surface area contributed by atoms with Crippen LogP contribution in [0.1, 0.15) is 44.9 Å². The van der Waals surface area contributed by atoms with Crippen LogP contribution in [0.3, 0.4) is 0 Å². The van der Waals surface area contributed by atoms with Crippen LogP contribution in [0.25, 0.3) is 0 Å². The first-order valence-corrected chi connectivity index (χ1v) is 11.6. The summed E-state index contributed by atoms with van der Waals surface area (Å²) in [4.78, 5) is 28.9. The number of hydrogen-bond donors (Lipinski definition) is 3. The van der Waals surface area contributed by atoms with Crippen LogP contribution in [0.4, 0.5) is 4.79 Å². The predicted octanol–water partition coefficient (Wildman–Crippen LogP) is 0.394. The highest BCUT2D eigenvalue weighted by molar-refractivity contribution is 7.86. The van der Waals surface area contributed by atoms with Gasteiger partial charge in [0.25, 0.3) is 0 Å². The maximum absolute atomic E-state index is 13.2. The molecule has 1 aliphatic carbocycles. The van der Waals surface area contributed by atoms with E-state index < -0.39 is 50.2 Å². The van der Waals surface area contributed by atoms with E-state index in [0.29, 0.717) is 12.8 Å². The second-order valence-electron chi connectivity index (χ2n) is 8.15. The van der Waals surface area contributed by atoms with E-state index in [1.54, 1.807) is 6.07 Å². The fourth-order valence-electron chi connectivity index (χ4n) is 4.25. The lowest BCUT2D eigenvalue weighted by atomic mass is 9.82. The lowest BCUT2D eigenvalue weighted by molar-refractivity contribution is -0.724. The van der Waals surface area contributed by atoms with Gasteiger partial charge in [-0.05, 0) is 31.4 Å². The number of pyridine rings is 1. The maximum atomic E-state index is 13.2. The summed E-state index contributed by atoms with van der Waals surface area (Å²) in [5.41, 5.74) is 10.6. The highest BCUT2D eigenvalue weighted by Gasteiger charge is 2.54. The fourth-order valence-corrected chi connectivity index (χ4v) is 6.00. The van der Waals surface area contributed by atoms with Crippen molar-refractivity contribution < 1.29 is 31.7 Å². The molecule has 5 N–H and O–H groups in total. The first-order valence-electron chi connectivity index (χ1n) is 10.1. The minimum Gasteiger partial charge on any atom is -0.458 e. The van der Waals surface area contributed by atoms with Gasteiger partial charge < -0.3 is 21.3 Å². The molecule has 2 amide bonds. The van der Waals surface area contributed by atoms with Gasteiger partial charge in [-0.1, -0.05) is 25.3 Å². The second kappa shape index (κ2) is 8.58. The molecule has 3 unspecified atom stereocenters. The van der Waals surface area contributed by atoms with Gasteiger partial charge in [-0.25, -0.2) is 9.78 Å². The first kappa shape index (κ1) is 22.6. The van der Waals surface area contributed by atoms with Crippen LogP contribution in [-0.4, -0.2) is 65.2 Å². The average molecular weight is 442 g/mol. The molecule has 1 aliphatic heterocycles. The molecule has 3 atom stereocenters. The molecule has 2 fully saturated rings. The van der Waals surface area contributed by atoms with Gasteiger partial charge in [-0.2, -0.15) is 8.42 Å². The van der Waals surface area contributed by atoms with Gasteiger partial charge in [0, 0.05) is 12.6 Å². The van der Waals surface area contributed by atoms with E-state index in [2.05, 4.69) is 4.98 Å². The molecule has 1 aromatic heterocycles. The molecule has 1 saturated heterocycles. The lowest BCUT2D eigenvalue weighted by Crippen LogP contribution is -2.62. The van der Waals surface area contributed by atoms with Crippen molar-refractivity contribution in [1.82, 2.24) is 4.98 Å². The number of hydrogen-bond acceptors (Lipinski definition) is 8. The van der Waals surface area contributed by atoms with Gasteiger partial charge in [-0.3, -0.25) is 4.79 Å². The second-order valence-corrected chi connectivity index (χ2v) is 10.2. The van der Waals surface area contributed by atoms with Crippen LogP contribution in [0.2, 0.25) is 0 Å². The molecule has 1 aromatic rings. The zero-order chi connectivity index (χ0) is 22.0. The summed E-state index contributed by atoms with van der Waals surface area (Å²) in [5.74, 6) is -0.599. The molecule has 10 nitrogen and oxygen atoms in total. The number of sulfonamides is 1. The largest absolute Gasteiger partial charge is 0.458 e. The molecule has 0 radical (unpaired) electrons. The Morgan fingerprint density at radius 1 is 1.20 bits per heavy atom. The summed E-state index contributed by atoms with van der Waals surface area (Å²) in [6.07, 6.45) is 2.96. The zero-order valence-electron chi connectivity index (χ0n) is 16.8. The van der Waals surface area contributed by atoms with Crippen LogP contribution in [-0.2, 0) is 19.6 Å². The van der Waals surface area contributed by atoms with E-state index in [9.17, 15) is 23.1 Å². The topological polar surface area (TPSA) is 163 Å². The number of nitrogens with zero attached hydrogens (tertiary/aromatic N) is 2. The average Bonchev–Trinajstić information content (AvgIpc) is 2.89. The third-order valence-corrected chi connectivity index (χ3v) is 8.30. The molecule has 0 aromatic carbocycles. The smallest absolute Gasteiger partial charge is 0.429 e. The molecule has 3 rings (SSSR count). The van der Waals surface area contributed by atoms with E-state index >= 15 is 0 Å². The predicted molar refractivity (Wildman–Crippen MR) is 106 cm³/mol. The number of aliphatic hydroxyl groups is 1. The van der Waals surface area contributed by atoms with Crippen molar-refractivity contribution in [1.29, 1.82) is 0 Å². The molecule has 30 heavy (non-hydrogen) atoms. The number of primary amides is 1. The highest BCUT2D eigenvalue weighted by atomic mass is 32.2.